The van der Waals surface area contributed by atoms with Crippen molar-refractivity contribution in [1.29, 1.82) is 0 Å². The lowest BCUT2D eigenvalue weighted by atomic mass is 10.4. The number of nitrogens with zero attached hydrogens (tertiary/aromatic N) is 1. The summed E-state index contributed by atoms with van der Waals surface area (Å²) in [6, 6.07) is 0. The van der Waals surface area contributed by atoms with Gasteiger partial charge in [0.1, 0.15) is 4.47 Å². The molecule has 0 bridgehead atoms. The molecule has 0 aromatic carbocycles. The molecule has 1 rings (SSSR count). The Hall–Kier alpha value is -0.970. The third-order valence-corrected chi connectivity index (χ3v) is 2.28. The fraction of sp³-hybridized carbons (Fsp3) is 0.375. The molecule has 0 atom stereocenters. The summed E-state index contributed by atoms with van der Waals surface area (Å²) in [5.41, 5.74) is 0. The first-order valence-electron chi connectivity index (χ1n) is 3.55. The minimum atomic E-state index is 0.426. The van der Waals surface area contributed by atoms with Gasteiger partial charge in [-0.2, -0.15) is 0 Å². The summed E-state index contributed by atoms with van der Waals surface area (Å²) in [5, 5.41) is 0. The van der Waals surface area contributed by atoms with Gasteiger partial charge in [-0.3, -0.25) is 0 Å². The largest absolute Gasteiger partial charge is 0.494 e. The molecule has 0 spiro atoms. The van der Waals surface area contributed by atoms with E-state index in [1.807, 2.05) is 0 Å². The molecule has 0 radical (unpaired) electrons. The van der Waals surface area contributed by atoms with Crippen LogP contribution in [0.1, 0.15) is 0 Å². The van der Waals surface area contributed by atoms with E-state index < -0.39 is 0 Å². The van der Waals surface area contributed by atoms with Crippen molar-refractivity contribution in [3.05, 3.63) is 10.7 Å². The second-order valence-electron chi connectivity index (χ2n) is 2.18. The lowest BCUT2D eigenvalue weighted by Crippen LogP contribution is -1.96. The van der Waals surface area contributed by atoms with Gasteiger partial charge in [0.2, 0.25) is 0 Å². The monoisotopic (exact) mass is 247 g/mol. The molecule has 13 heavy (non-hydrogen) atoms. The molecule has 0 fully saturated rings. The van der Waals surface area contributed by atoms with E-state index in [2.05, 4.69) is 20.9 Å². The number of hydrogen-bond acceptors (Lipinski definition) is 4. The van der Waals surface area contributed by atoms with Crippen molar-refractivity contribution in [2.45, 2.75) is 0 Å². The summed E-state index contributed by atoms with van der Waals surface area (Å²) in [7, 11) is 4.64. The van der Waals surface area contributed by atoms with E-state index in [9.17, 15) is 0 Å². The molecule has 1 heterocycles. The third-order valence-electron chi connectivity index (χ3n) is 1.53. The van der Waals surface area contributed by atoms with Crippen LogP contribution in [0.15, 0.2) is 10.7 Å². The molecule has 0 N–H and O–H groups in total. The Bertz CT molecular complexity index is 304. The fourth-order valence-electron chi connectivity index (χ4n) is 0.903. The maximum atomic E-state index is 5.10. The number of aromatic nitrogens is 1. The second-order valence-corrected chi connectivity index (χ2v) is 2.98. The van der Waals surface area contributed by atoms with E-state index in [4.69, 9.17) is 14.2 Å². The lowest BCUT2D eigenvalue weighted by molar-refractivity contribution is 0.333. The molecule has 0 unspecified atom stereocenters. The third kappa shape index (κ3) is 1.85. The average Bonchev–Trinajstić information content (AvgIpc) is 2.17. The predicted molar refractivity (Wildman–Crippen MR) is 51.6 cm³/mol. The van der Waals surface area contributed by atoms with Crippen LogP contribution in [0.4, 0.5) is 0 Å². The number of methoxy groups -OCH3 is 3. The molecule has 1 aromatic heterocycles. The molecule has 5 heteroatoms. The zero-order chi connectivity index (χ0) is 9.84. The minimum absolute atomic E-state index is 0.426. The number of hydrogen-bond donors (Lipinski definition) is 0. The van der Waals surface area contributed by atoms with Crippen molar-refractivity contribution >= 4 is 15.9 Å². The van der Waals surface area contributed by atoms with Crippen LogP contribution < -0.4 is 14.2 Å². The summed E-state index contributed by atoms with van der Waals surface area (Å²) in [4.78, 5) is 4.00. The minimum Gasteiger partial charge on any atom is -0.494 e. The maximum absolute atomic E-state index is 5.10. The molecular weight excluding hydrogens is 238 g/mol. The van der Waals surface area contributed by atoms with Gasteiger partial charge in [-0.25, -0.2) is 4.98 Å². The average molecular weight is 248 g/mol. The number of halogens is 1. The lowest BCUT2D eigenvalue weighted by Gasteiger charge is -2.10. The highest BCUT2D eigenvalue weighted by molar-refractivity contribution is 9.10. The molecule has 0 saturated carbocycles. The van der Waals surface area contributed by atoms with Gasteiger partial charge >= 0.3 is 0 Å². The Morgan fingerprint density at radius 1 is 1.15 bits per heavy atom. The van der Waals surface area contributed by atoms with Crippen LogP contribution in [0.5, 0.6) is 17.4 Å². The van der Waals surface area contributed by atoms with Crippen LogP contribution in [0.2, 0.25) is 0 Å². The first-order valence-corrected chi connectivity index (χ1v) is 4.34. The highest BCUT2D eigenvalue weighted by Gasteiger charge is 2.14. The van der Waals surface area contributed by atoms with E-state index in [1.165, 1.54) is 7.11 Å². The van der Waals surface area contributed by atoms with E-state index >= 15 is 0 Å². The molecule has 1 aromatic rings. The van der Waals surface area contributed by atoms with Gasteiger partial charge in [-0.05, 0) is 15.9 Å². The van der Waals surface area contributed by atoms with Gasteiger partial charge in [0.25, 0.3) is 5.88 Å². The highest BCUT2D eigenvalue weighted by atomic mass is 79.9. The Morgan fingerprint density at radius 2 is 1.85 bits per heavy atom. The van der Waals surface area contributed by atoms with Crippen LogP contribution >= 0.6 is 15.9 Å². The van der Waals surface area contributed by atoms with E-state index in [1.54, 1.807) is 20.4 Å². The maximum Gasteiger partial charge on any atom is 0.258 e. The van der Waals surface area contributed by atoms with Crippen molar-refractivity contribution in [3.63, 3.8) is 0 Å². The zero-order valence-corrected chi connectivity index (χ0v) is 9.21. The van der Waals surface area contributed by atoms with Crippen molar-refractivity contribution in [1.82, 2.24) is 4.98 Å². The smallest absolute Gasteiger partial charge is 0.258 e. The van der Waals surface area contributed by atoms with Crippen molar-refractivity contribution in [3.8, 4) is 17.4 Å². The zero-order valence-electron chi connectivity index (χ0n) is 7.63. The van der Waals surface area contributed by atoms with E-state index in [-0.39, 0.29) is 0 Å². The molecule has 0 aliphatic carbocycles. The van der Waals surface area contributed by atoms with Crippen LogP contribution in [-0.4, -0.2) is 26.3 Å². The molecule has 72 valence electrons. The van der Waals surface area contributed by atoms with Gasteiger partial charge < -0.3 is 14.2 Å². The van der Waals surface area contributed by atoms with E-state index in [0.717, 1.165) is 0 Å². The second kappa shape index (κ2) is 4.32. The Labute approximate surface area is 85.0 Å². The number of pyridine rings is 1. The van der Waals surface area contributed by atoms with Gasteiger partial charge in [-0.1, -0.05) is 0 Å². The standard InChI is InChI=1S/C8H10BrNO3/c1-11-5-4-10-8(13-3)7(12-2)6(5)9/h4H,1-3H3. The molecule has 0 aliphatic heterocycles. The van der Waals surface area contributed by atoms with Crippen LogP contribution in [0, 0.1) is 0 Å². The normalized spacial score (nSPS) is 9.54. The van der Waals surface area contributed by atoms with Crippen LogP contribution in [0.25, 0.3) is 0 Å². The number of rotatable bonds is 3. The summed E-state index contributed by atoms with van der Waals surface area (Å²) in [6.45, 7) is 0. The SMILES string of the molecule is COc1cnc(OC)c(OC)c1Br. The summed E-state index contributed by atoms with van der Waals surface area (Å²) < 4.78 is 15.8. The molecule has 0 saturated heterocycles. The van der Waals surface area contributed by atoms with Gasteiger partial charge in [0.05, 0.1) is 27.5 Å². The van der Waals surface area contributed by atoms with E-state index in [0.29, 0.717) is 21.9 Å². The number of ether oxygens (including phenoxy) is 3. The molecule has 4 nitrogen and oxygen atoms in total. The molecule has 0 aliphatic rings. The first kappa shape index (κ1) is 10.1. The summed E-state index contributed by atoms with van der Waals surface area (Å²) in [5.74, 6) is 1.56. The predicted octanol–water partition coefficient (Wildman–Crippen LogP) is 1.87. The molecule has 0 amide bonds. The molecular formula is C8H10BrNO3. The quantitative estimate of drug-likeness (QED) is 0.818. The topological polar surface area (TPSA) is 40.6 Å². The van der Waals surface area contributed by atoms with Crippen molar-refractivity contribution in [2.24, 2.45) is 0 Å². The highest BCUT2D eigenvalue weighted by Crippen LogP contribution is 2.39. The fourth-order valence-corrected chi connectivity index (χ4v) is 1.50. The van der Waals surface area contributed by atoms with Crippen LogP contribution in [0.3, 0.4) is 0 Å². The van der Waals surface area contributed by atoms with Gasteiger partial charge in [0.15, 0.2) is 11.5 Å². The summed E-state index contributed by atoms with van der Waals surface area (Å²) in [6.07, 6.45) is 1.56. The van der Waals surface area contributed by atoms with Gasteiger partial charge in [-0.15, -0.1) is 0 Å². The van der Waals surface area contributed by atoms with Crippen LogP contribution in [-0.2, 0) is 0 Å². The summed E-state index contributed by atoms with van der Waals surface area (Å²) >= 11 is 3.32. The first-order chi connectivity index (χ1) is 6.24. The van der Waals surface area contributed by atoms with Crippen molar-refractivity contribution < 1.29 is 14.2 Å². The Balaban J connectivity index is 3.23. The van der Waals surface area contributed by atoms with Gasteiger partial charge in [0, 0.05) is 0 Å². The Morgan fingerprint density at radius 3 is 2.31 bits per heavy atom. The Kier molecular flexibility index (Phi) is 3.36. The van der Waals surface area contributed by atoms with Crippen molar-refractivity contribution in [2.75, 3.05) is 21.3 Å².